The monoisotopic (exact) mass is 344 g/mol. The minimum atomic E-state index is -1.26. The van der Waals surface area contributed by atoms with Crippen molar-refractivity contribution in [2.75, 3.05) is 18.0 Å². The summed E-state index contributed by atoms with van der Waals surface area (Å²) in [6.07, 6.45) is 4.60. The number of thioether (sulfide) groups is 1. The highest BCUT2D eigenvalue weighted by Gasteiger charge is 2.12. The fourth-order valence-corrected chi connectivity index (χ4v) is 3.24. The number of carbonyl (C=O) groups excluding carboxylic acids is 1. The van der Waals surface area contributed by atoms with Gasteiger partial charge in [-0.2, -0.15) is 0 Å². The van der Waals surface area contributed by atoms with Crippen molar-refractivity contribution in [2.45, 2.75) is 31.4 Å². The summed E-state index contributed by atoms with van der Waals surface area (Å²) >= 11 is 0.906. The van der Waals surface area contributed by atoms with Crippen LogP contribution in [0.25, 0.3) is 6.08 Å². The van der Waals surface area contributed by atoms with E-state index in [4.69, 9.17) is 4.42 Å². The first-order valence-corrected chi connectivity index (χ1v) is 8.75. The molecule has 1 saturated heterocycles. The Balaban J connectivity index is 1.76. The molecule has 0 amide bonds. The van der Waals surface area contributed by atoms with Crippen LogP contribution in [0.5, 0.6) is 0 Å². The van der Waals surface area contributed by atoms with Crippen LogP contribution in [0.4, 0.5) is 5.69 Å². The fraction of sp³-hybridized carbons (Fsp3) is 0.353. The van der Waals surface area contributed by atoms with Crippen LogP contribution in [0.1, 0.15) is 31.2 Å². The number of anilines is 1. The van der Waals surface area contributed by atoms with Crippen molar-refractivity contribution >= 4 is 29.5 Å². The molecule has 126 valence electrons. The quantitative estimate of drug-likeness (QED) is 0.586. The highest BCUT2D eigenvalue weighted by Crippen LogP contribution is 2.28. The third-order valence-corrected chi connectivity index (χ3v) is 4.66. The van der Waals surface area contributed by atoms with Gasteiger partial charge in [-0.25, -0.2) is 0 Å². The summed E-state index contributed by atoms with van der Waals surface area (Å²) in [4.78, 5) is 13.7. The van der Waals surface area contributed by atoms with Gasteiger partial charge in [-0.1, -0.05) is 19.1 Å². The third kappa shape index (κ3) is 3.97. The Bertz CT molecular complexity index is 734. The average molecular weight is 344 g/mol. The predicted molar refractivity (Wildman–Crippen MR) is 90.4 cm³/mol. The number of carbonyl (C=O) groups is 1. The van der Waals surface area contributed by atoms with Crippen LogP contribution in [-0.4, -0.2) is 29.3 Å². The molecule has 0 radical (unpaired) electrons. The minimum Gasteiger partial charge on any atom is -0.544 e. The highest BCUT2D eigenvalue weighted by molar-refractivity contribution is 8.03. The smallest absolute Gasteiger partial charge is 0.281 e. The molecule has 24 heavy (non-hydrogen) atoms. The molecule has 0 atom stereocenters. The van der Waals surface area contributed by atoms with Gasteiger partial charge in [0.2, 0.25) is 5.89 Å². The zero-order chi connectivity index (χ0) is 16.9. The summed E-state index contributed by atoms with van der Waals surface area (Å²) in [7, 11) is 0. The lowest BCUT2D eigenvalue weighted by atomic mass is 10.2. The number of aliphatic carboxylic acids is 1. The molecule has 1 aliphatic rings. The maximum absolute atomic E-state index is 11.4. The van der Waals surface area contributed by atoms with Gasteiger partial charge in [0.05, 0.1) is 5.97 Å². The molecule has 2 heterocycles. The van der Waals surface area contributed by atoms with Crippen molar-refractivity contribution in [2.24, 2.45) is 0 Å². The standard InChI is InChI=1S/C17H19N3O3S/c1-2-15-18-19-17(23-15)24-14(16(21)22)11-12-5-7-13(8-6-12)20-9-3-4-10-20/h5-8,11H,2-4,9-10H2,1H3,(H,21,22)/p-1/b14-11+. The molecule has 0 aliphatic carbocycles. The Morgan fingerprint density at radius 3 is 2.58 bits per heavy atom. The average Bonchev–Trinajstić information content (AvgIpc) is 3.26. The van der Waals surface area contributed by atoms with Crippen LogP contribution in [0.15, 0.2) is 38.8 Å². The maximum Gasteiger partial charge on any atom is 0.281 e. The van der Waals surface area contributed by atoms with Gasteiger partial charge < -0.3 is 19.2 Å². The molecule has 2 aromatic rings. The first-order valence-electron chi connectivity index (χ1n) is 7.94. The number of carboxylic acids is 1. The van der Waals surface area contributed by atoms with Gasteiger partial charge in [0.15, 0.2) is 0 Å². The summed E-state index contributed by atoms with van der Waals surface area (Å²) in [6, 6.07) is 7.83. The second-order valence-electron chi connectivity index (χ2n) is 5.50. The van der Waals surface area contributed by atoms with E-state index in [-0.39, 0.29) is 10.1 Å². The van der Waals surface area contributed by atoms with Crippen LogP contribution in [0.3, 0.4) is 0 Å². The van der Waals surface area contributed by atoms with E-state index in [1.807, 2.05) is 31.2 Å². The molecule has 1 aliphatic heterocycles. The molecule has 0 bridgehead atoms. The number of carboxylic acid groups (broad SMARTS) is 1. The van der Waals surface area contributed by atoms with Gasteiger partial charge in [0.1, 0.15) is 0 Å². The molecular weight excluding hydrogens is 326 g/mol. The van der Waals surface area contributed by atoms with Crippen molar-refractivity contribution in [1.82, 2.24) is 10.2 Å². The molecule has 0 unspecified atom stereocenters. The Morgan fingerprint density at radius 1 is 1.29 bits per heavy atom. The van der Waals surface area contributed by atoms with Crippen molar-refractivity contribution in [3.63, 3.8) is 0 Å². The van der Waals surface area contributed by atoms with Crippen molar-refractivity contribution < 1.29 is 14.3 Å². The third-order valence-electron chi connectivity index (χ3n) is 3.81. The second-order valence-corrected chi connectivity index (χ2v) is 6.49. The summed E-state index contributed by atoms with van der Waals surface area (Å²) in [5.74, 6) is -0.787. The fourth-order valence-electron chi connectivity index (χ4n) is 2.55. The Kier molecular flexibility index (Phi) is 5.20. The van der Waals surface area contributed by atoms with Crippen molar-refractivity contribution in [3.8, 4) is 0 Å². The molecule has 6 nitrogen and oxygen atoms in total. The predicted octanol–water partition coefficient (Wildman–Crippen LogP) is 2.12. The largest absolute Gasteiger partial charge is 0.544 e. The van der Waals surface area contributed by atoms with E-state index < -0.39 is 5.97 Å². The second kappa shape index (κ2) is 7.53. The SMILES string of the molecule is CCc1nnc(S/C(=C/c2ccc(N3CCCC3)cc2)C(=O)[O-])o1. The number of hydrogen-bond donors (Lipinski definition) is 0. The van der Waals surface area contributed by atoms with E-state index in [0.29, 0.717) is 12.3 Å². The summed E-state index contributed by atoms with van der Waals surface area (Å²) in [5.41, 5.74) is 1.96. The van der Waals surface area contributed by atoms with Gasteiger partial charge in [-0.3, -0.25) is 0 Å². The van der Waals surface area contributed by atoms with Gasteiger partial charge in [-0.15, -0.1) is 10.2 Å². The lowest BCUT2D eigenvalue weighted by Gasteiger charge is -2.17. The number of rotatable bonds is 6. The summed E-state index contributed by atoms with van der Waals surface area (Å²) in [6.45, 7) is 4.04. The number of benzene rings is 1. The summed E-state index contributed by atoms with van der Waals surface area (Å²) < 4.78 is 5.34. The number of hydrogen-bond acceptors (Lipinski definition) is 7. The number of aryl methyl sites for hydroxylation is 1. The molecule has 0 spiro atoms. The van der Waals surface area contributed by atoms with E-state index in [9.17, 15) is 9.90 Å². The topological polar surface area (TPSA) is 82.3 Å². The molecule has 0 N–H and O–H groups in total. The molecule has 1 fully saturated rings. The lowest BCUT2D eigenvalue weighted by molar-refractivity contribution is -0.298. The van der Waals surface area contributed by atoms with Crippen LogP contribution < -0.4 is 10.0 Å². The van der Waals surface area contributed by atoms with Gasteiger partial charge >= 0.3 is 0 Å². The first kappa shape index (κ1) is 16.6. The van der Waals surface area contributed by atoms with E-state index >= 15 is 0 Å². The van der Waals surface area contributed by atoms with Crippen LogP contribution in [0, 0.1) is 0 Å². The van der Waals surface area contributed by atoms with Gasteiger partial charge in [0.25, 0.3) is 5.22 Å². The van der Waals surface area contributed by atoms with Gasteiger partial charge in [-0.05, 0) is 48.4 Å². The maximum atomic E-state index is 11.4. The van der Waals surface area contributed by atoms with E-state index in [2.05, 4.69) is 15.1 Å². The zero-order valence-electron chi connectivity index (χ0n) is 13.4. The number of aromatic nitrogens is 2. The summed E-state index contributed by atoms with van der Waals surface area (Å²) in [5, 5.41) is 19.2. The molecule has 3 rings (SSSR count). The molecule has 1 aromatic heterocycles. The van der Waals surface area contributed by atoms with Gasteiger partial charge in [0, 0.05) is 30.1 Å². The minimum absolute atomic E-state index is 0.0372. The molecular formula is C17H18N3O3S-. The molecule has 0 saturated carbocycles. The number of nitrogens with zero attached hydrogens (tertiary/aromatic N) is 3. The zero-order valence-corrected chi connectivity index (χ0v) is 14.2. The van der Waals surface area contributed by atoms with Crippen molar-refractivity contribution in [3.05, 3.63) is 40.6 Å². The van der Waals surface area contributed by atoms with Crippen molar-refractivity contribution in [1.29, 1.82) is 0 Å². The molecule has 1 aromatic carbocycles. The Morgan fingerprint density at radius 2 is 2.00 bits per heavy atom. The van der Waals surface area contributed by atoms with E-state index in [1.54, 1.807) is 6.08 Å². The highest BCUT2D eigenvalue weighted by atomic mass is 32.2. The Hall–Kier alpha value is -2.28. The van der Waals surface area contributed by atoms with Crippen LogP contribution in [-0.2, 0) is 11.2 Å². The first-order chi connectivity index (χ1) is 11.7. The van der Waals surface area contributed by atoms with E-state index in [0.717, 1.165) is 36.1 Å². The lowest BCUT2D eigenvalue weighted by Crippen LogP contribution is -2.23. The van der Waals surface area contributed by atoms with E-state index in [1.165, 1.54) is 12.8 Å². The molecule has 7 heteroatoms. The van der Waals surface area contributed by atoms with Crippen LogP contribution in [0.2, 0.25) is 0 Å². The van der Waals surface area contributed by atoms with Crippen LogP contribution >= 0.6 is 11.8 Å². The normalized spacial score (nSPS) is 15.0. The Labute approximate surface area is 144 Å².